The SMILES string of the molecule is COc1ccc2cc([C@H]3CC(=O)Oc4ccc5c(c43)OC(=C(C)C)C5=O)c(=O)[nH]c2c1. The van der Waals surface area contributed by atoms with Crippen molar-refractivity contribution in [1.29, 1.82) is 0 Å². The number of hydrogen-bond donors (Lipinski definition) is 1. The number of methoxy groups -OCH3 is 1. The van der Waals surface area contributed by atoms with Crippen LogP contribution in [0.5, 0.6) is 17.2 Å². The van der Waals surface area contributed by atoms with E-state index in [1.807, 2.05) is 6.07 Å². The third-order valence-corrected chi connectivity index (χ3v) is 5.67. The van der Waals surface area contributed by atoms with Crippen molar-refractivity contribution in [1.82, 2.24) is 4.98 Å². The Kier molecular flexibility index (Phi) is 4.22. The van der Waals surface area contributed by atoms with Crippen molar-refractivity contribution in [3.63, 3.8) is 0 Å². The Bertz CT molecular complexity index is 1380. The molecule has 7 heteroatoms. The molecule has 3 heterocycles. The molecular weight excluding hydrogens is 398 g/mol. The van der Waals surface area contributed by atoms with Crippen LogP contribution < -0.4 is 19.8 Å². The lowest BCUT2D eigenvalue weighted by Crippen LogP contribution is -2.26. The highest BCUT2D eigenvalue weighted by Crippen LogP contribution is 2.48. The Hall–Kier alpha value is -3.87. The summed E-state index contributed by atoms with van der Waals surface area (Å²) >= 11 is 0. The number of aromatic nitrogens is 1. The average Bonchev–Trinajstić information content (AvgIpc) is 3.09. The van der Waals surface area contributed by atoms with E-state index >= 15 is 0 Å². The van der Waals surface area contributed by atoms with E-state index in [4.69, 9.17) is 14.2 Å². The predicted octanol–water partition coefficient (Wildman–Crippen LogP) is 3.85. The molecule has 3 aromatic rings. The van der Waals surface area contributed by atoms with Gasteiger partial charge in [-0.2, -0.15) is 0 Å². The molecule has 0 bridgehead atoms. The van der Waals surface area contributed by atoms with Crippen LogP contribution in [0.1, 0.15) is 47.7 Å². The maximum atomic E-state index is 13.0. The lowest BCUT2D eigenvalue weighted by atomic mass is 9.84. The van der Waals surface area contributed by atoms with Gasteiger partial charge in [0.25, 0.3) is 5.56 Å². The standard InChI is InChI=1S/C24H19NO6/c1-11(2)22-21(27)14-6-7-18-20(23(14)31-22)15(10-19(26)30-18)16-8-12-4-5-13(29-3)9-17(12)25-24(16)28/h4-9,15H,10H2,1-3H3,(H,25,28)/t15-/m1/s1. The van der Waals surface area contributed by atoms with E-state index in [0.717, 1.165) is 11.0 Å². The number of nitrogens with one attached hydrogen (secondary N) is 1. The Morgan fingerprint density at radius 1 is 1.06 bits per heavy atom. The van der Waals surface area contributed by atoms with Crippen molar-refractivity contribution >= 4 is 22.7 Å². The van der Waals surface area contributed by atoms with Gasteiger partial charge in [0.2, 0.25) is 5.78 Å². The van der Waals surface area contributed by atoms with Gasteiger partial charge in [0.15, 0.2) is 5.76 Å². The minimum Gasteiger partial charge on any atom is -0.497 e. The Balaban J connectivity index is 1.73. The molecule has 1 atom stereocenters. The minimum atomic E-state index is -0.606. The second-order valence-corrected chi connectivity index (χ2v) is 7.85. The van der Waals surface area contributed by atoms with E-state index in [2.05, 4.69) is 4.98 Å². The van der Waals surface area contributed by atoms with Gasteiger partial charge in [-0.3, -0.25) is 14.4 Å². The van der Waals surface area contributed by atoms with Gasteiger partial charge in [0.1, 0.15) is 17.2 Å². The topological polar surface area (TPSA) is 94.7 Å². The first kappa shape index (κ1) is 19.1. The summed E-state index contributed by atoms with van der Waals surface area (Å²) in [7, 11) is 1.56. The fourth-order valence-corrected chi connectivity index (χ4v) is 4.17. The summed E-state index contributed by atoms with van der Waals surface area (Å²) in [6.07, 6.45) is -0.0318. The molecule has 0 unspecified atom stereocenters. The van der Waals surface area contributed by atoms with Crippen LogP contribution in [0.4, 0.5) is 0 Å². The van der Waals surface area contributed by atoms with Crippen molar-refractivity contribution in [2.45, 2.75) is 26.2 Å². The van der Waals surface area contributed by atoms with Gasteiger partial charge in [-0.05, 0) is 55.1 Å². The molecule has 0 fully saturated rings. The summed E-state index contributed by atoms with van der Waals surface area (Å²) in [4.78, 5) is 41.0. The van der Waals surface area contributed by atoms with Crippen LogP contribution in [0.3, 0.4) is 0 Å². The molecule has 1 aromatic heterocycles. The van der Waals surface area contributed by atoms with E-state index in [-0.39, 0.29) is 23.5 Å². The zero-order chi connectivity index (χ0) is 21.9. The molecule has 0 radical (unpaired) electrons. The van der Waals surface area contributed by atoms with E-state index < -0.39 is 11.9 Å². The molecule has 2 aliphatic rings. The number of pyridine rings is 1. The Morgan fingerprint density at radius 3 is 2.61 bits per heavy atom. The lowest BCUT2D eigenvalue weighted by Gasteiger charge is -2.26. The Labute approximate surface area is 177 Å². The highest BCUT2D eigenvalue weighted by molar-refractivity contribution is 6.13. The third-order valence-electron chi connectivity index (χ3n) is 5.67. The number of allylic oxidation sites excluding steroid dienone is 2. The molecule has 0 saturated heterocycles. The van der Waals surface area contributed by atoms with E-state index in [1.54, 1.807) is 51.3 Å². The number of H-pyrrole nitrogens is 1. The smallest absolute Gasteiger partial charge is 0.312 e. The number of ether oxygens (including phenoxy) is 3. The number of ketones is 1. The van der Waals surface area contributed by atoms with Crippen LogP contribution in [-0.4, -0.2) is 23.8 Å². The molecule has 0 amide bonds. The van der Waals surface area contributed by atoms with Crippen LogP contribution in [0, 0.1) is 0 Å². The maximum absolute atomic E-state index is 13.0. The van der Waals surface area contributed by atoms with Crippen molar-refractivity contribution < 1.29 is 23.8 Å². The van der Waals surface area contributed by atoms with Crippen molar-refractivity contribution in [3.8, 4) is 17.2 Å². The highest BCUT2D eigenvalue weighted by atomic mass is 16.5. The molecule has 31 heavy (non-hydrogen) atoms. The summed E-state index contributed by atoms with van der Waals surface area (Å²) in [6, 6.07) is 10.3. The first-order valence-electron chi connectivity index (χ1n) is 9.86. The number of benzene rings is 2. The van der Waals surface area contributed by atoms with Crippen molar-refractivity contribution in [3.05, 3.63) is 74.8 Å². The first-order chi connectivity index (χ1) is 14.9. The molecule has 0 saturated carbocycles. The molecule has 2 aromatic carbocycles. The molecule has 1 N–H and O–H groups in total. The van der Waals surface area contributed by atoms with Gasteiger partial charge in [-0.25, -0.2) is 0 Å². The number of fused-ring (bicyclic) bond motifs is 4. The molecule has 156 valence electrons. The maximum Gasteiger partial charge on any atom is 0.312 e. The average molecular weight is 417 g/mol. The zero-order valence-corrected chi connectivity index (χ0v) is 17.2. The minimum absolute atomic E-state index is 0.0318. The fourth-order valence-electron chi connectivity index (χ4n) is 4.17. The summed E-state index contributed by atoms with van der Waals surface area (Å²) in [5, 5.41) is 0.797. The van der Waals surface area contributed by atoms with Crippen LogP contribution in [0.2, 0.25) is 0 Å². The van der Waals surface area contributed by atoms with Gasteiger partial charge in [0.05, 0.1) is 24.6 Å². The molecule has 0 aliphatic carbocycles. The number of aromatic amines is 1. The molecule has 2 aliphatic heterocycles. The van der Waals surface area contributed by atoms with Crippen LogP contribution >= 0.6 is 0 Å². The van der Waals surface area contributed by atoms with Crippen LogP contribution in [0.25, 0.3) is 10.9 Å². The number of esters is 1. The first-order valence-corrected chi connectivity index (χ1v) is 9.86. The number of rotatable bonds is 2. The molecule has 5 rings (SSSR count). The summed E-state index contributed by atoms with van der Waals surface area (Å²) in [5.74, 6) is 0.277. The van der Waals surface area contributed by atoms with E-state index in [9.17, 15) is 14.4 Å². The lowest BCUT2D eigenvalue weighted by molar-refractivity contribution is -0.135. The molecule has 7 nitrogen and oxygen atoms in total. The molecular formula is C24H19NO6. The number of carbonyl (C=O) groups is 2. The fraction of sp³-hybridized carbons (Fsp3) is 0.208. The second-order valence-electron chi connectivity index (χ2n) is 7.85. The van der Waals surface area contributed by atoms with Crippen LogP contribution in [-0.2, 0) is 4.79 Å². The number of Topliss-reactive ketones (excluding diaryl/α,β-unsaturated/α-hetero) is 1. The van der Waals surface area contributed by atoms with Crippen molar-refractivity contribution in [2.75, 3.05) is 7.11 Å². The normalized spacial score (nSPS) is 17.1. The van der Waals surface area contributed by atoms with Crippen LogP contribution in [0.15, 0.2) is 52.5 Å². The summed E-state index contributed by atoms with van der Waals surface area (Å²) < 4.78 is 16.6. The van der Waals surface area contributed by atoms with E-state index in [0.29, 0.717) is 39.5 Å². The van der Waals surface area contributed by atoms with Gasteiger partial charge < -0.3 is 19.2 Å². The van der Waals surface area contributed by atoms with Crippen molar-refractivity contribution in [2.24, 2.45) is 0 Å². The largest absolute Gasteiger partial charge is 0.497 e. The monoisotopic (exact) mass is 417 g/mol. The summed E-state index contributed by atoms with van der Waals surface area (Å²) in [6.45, 7) is 3.59. The quantitative estimate of drug-likeness (QED) is 0.387. The summed E-state index contributed by atoms with van der Waals surface area (Å²) in [5.41, 5.74) is 2.40. The highest BCUT2D eigenvalue weighted by Gasteiger charge is 2.39. The van der Waals surface area contributed by atoms with Gasteiger partial charge >= 0.3 is 5.97 Å². The van der Waals surface area contributed by atoms with Gasteiger partial charge in [-0.1, -0.05) is 0 Å². The van der Waals surface area contributed by atoms with E-state index in [1.165, 1.54) is 0 Å². The molecule has 0 spiro atoms. The van der Waals surface area contributed by atoms with Gasteiger partial charge in [0, 0.05) is 23.1 Å². The van der Waals surface area contributed by atoms with Gasteiger partial charge in [-0.15, -0.1) is 0 Å². The predicted molar refractivity (Wildman–Crippen MR) is 113 cm³/mol. The third kappa shape index (κ3) is 2.92. The number of hydrogen-bond acceptors (Lipinski definition) is 6. The number of carbonyl (C=O) groups excluding carboxylic acids is 2. The zero-order valence-electron chi connectivity index (χ0n) is 17.2. The second kappa shape index (κ2) is 6.84. The Morgan fingerprint density at radius 2 is 1.87 bits per heavy atom.